The molecule has 4 rings (SSSR count). The molecule has 276 valence electrons. The van der Waals surface area contributed by atoms with Gasteiger partial charge in [-0.3, -0.25) is 33.8 Å². The van der Waals surface area contributed by atoms with Crippen LogP contribution in [0.1, 0.15) is 73.1 Å². The zero-order valence-electron chi connectivity index (χ0n) is 29.8. The SMILES string of the molecule is CNC(=O)CNC(=O)CC[C@H](CC(=O)c1ccc(NCc2cnc3nc(N)[nH]c(=O)c3n2)cc1)C(=O)O.Cc1ccc(CCCC(=O)C(C)C)cc1. The first kappa shape index (κ1) is 40.4. The highest BCUT2D eigenvalue weighted by Gasteiger charge is 2.23. The molecule has 2 aromatic heterocycles. The van der Waals surface area contributed by atoms with Crippen molar-refractivity contribution in [2.45, 2.75) is 65.8 Å². The third kappa shape index (κ3) is 13.4. The highest BCUT2D eigenvalue weighted by atomic mass is 16.4. The van der Waals surface area contributed by atoms with Crippen LogP contribution in [0.4, 0.5) is 11.6 Å². The van der Waals surface area contributed by atoms with E-state index >= 15 is 0 Å². The summed E-state index contributed by atoms with van der Waals surface area (Å²) in [5.41, 5.74) is 9.28. The Morgan fingerprint density at radius 3 is 2.27 bits per heavy atom. The number of nitrogens with two attached hydrogens (primary N) is 1. The lowest BCUT2D eigenvalue weighted by Crippen LogP contribution is -2.35. The quantitative estimate of drug-likeness (QED) is 0.0863. The van der Waals surface area contributed by atoms with Crippen LogP contribution in [0.15, 0.2) is 59.5 Å². The number of H-pyrrole nitrogens is 1. The molecule has 1 atom stereocenters. The summed E-state index contributed by atoms with van der Waals surface area (Å²) in [6, 6.07) is 15.0. The molecule has 15 heteroatoms. The second-order valence-electron chi connectivity index (χ2n) is 12.5. The normalized spacial score (nSPS) is 11.2. The van der Waals surface area contributed by atoms with Crippen molar-refractivity contribution in [1.82, 2.24) is 30.6 Å². The van der Waals surface area contributed by atoms with Crippen molar-refractivity contribution >= 4 is 52.1 Å². The molecule has 0 aliphatic rings. The number of anilines is 2. The number of likely N-dealkylation sites (N-methyl/N-ethyl adjacent to an activating group) is 1. The van der Waals surface area contributed by atoms with Gasteiger partial charge in [0.1, 0.15) is 5.78 Å². The maximum absolute atomic E-state index is 12.6. The molecule has 0 bridgehead atoms. The fraction of sp³-hybridized carbons (Fsp3) is 0.378. The zero-order valence-corrected chi connectivity index (χ0v) is 29.8. The number of hydrogen-bond acceptors (Lipinski definition) is 11. The Balaban J connectivity index is 0.000000406. The first-order valence-corrected chi connectivity index (χ1v) is 16.9. The minimum Gasteiger partial charge on any atom is -0.481 e. The van der Waals surface area contributed by atoms with Crippen LogP contribution in [0.3, 0.4) is 0 Å². The number of nitrogens with zero attached hydrogens (tertiary/aromatic N) is 3. The summed E-state index contributed by atoms with van der Waals surface area (Å²) in [6.07, 6.45) is 3.72. The van der Waals surface area contributed by atoms with Gasteiger partial charge in [0.15, 0.2) is 16.9 Å². The number of Topliss-reactive ketones (excluding diaryl/α,β-unsaturated/α-hetero) is 2. The molecule has 0 spiro atoms. The number of carboxylic acid groups (broad SMARTS) is 1. The fourth-order valence-corrected chi connectivity index (χ4v) is 4.85. The number of carbonyl (C=O) groups excluding carboxylic acids is 4. The number of fused-ring (bicyclic) bond motifs is 1. The molecule has 0 saturated heterocycles. The van der Waals surface area contributed by atoms with Gasteiger partial charge >= 0.3 is 5.97 Å². The van der Waals surface area contributed by atoms with E-state index in [2.05, 4.69) is 67.1 Å². The van der Waals surface area contributed by atoms with E-state index in [9.17, 15) is 33.9 Å². The van der Waals surface area contributed by atoms with E-state index < -0.39 is 23.4 Å². The number of nitrogens with one attached hydrogen (secondary N) is 4. The summed E-state index contributed by atoms with van der Waals surface area (Å²) >= 11 is 0. The van der Waals surface area contributed by atoms with Gasteiger partial charge in [-0.05, 0) is 56.0 Å². The Kier molecular flexibility index (Phi) is 15.6. The van der Waals surface area contributed by atoms with Gasteiger partial charge < -0.3 is 26.8 Å². The predicted molar refractivity (Wildman–Crippen MR) is 196 cm³/mol. The lowest BCUT2D eigenvalue weighted by atomic mass is 9.94. The van der Waals surface area contributed by atoms with Crippen LogP contribution in [0.5, 0.6) is 0 Å². The zero-order chi connectivity index (χ0) is 38.2. The number of carboxylic acids is 1. The van der Waals surface area contributed by atoms with Crippen LogP contribution in [0, 0.1) is 18.8 Å². The largest absolute Gasteiger partial charge is 0.481 e. The van der Waals surface area contributed by atoms with Crippen molar-refractivity contribution in [2.24, 2.45) is 11.8 Å². The maximum atomic E-state index is 12.6. The number of aryl methyl sites for hydroxylation is 2. The van der Waals surface area contributed by atoms with E-state index in [-0.39, 0.29) is 67.1 Å². The molecule has 52 heavy (non-hydrogen) atoms. The molecule has 4 aromatic rings. The van der Waals surface area contributed by atoms with Gasteiger partial charge in [-0.25, -0.2) is 9.97 Å². The molecular formula is C37H46N8O7. The van der Waals surface area contributed by atoms with Crippen LogP contribution in [0.2, 0.25) is 0 Å². The highest BCUT2D eigenvalue weighted by Crippen LogP contribution is 2.18. The average Bonchev–Trinajstić information content (AvgIpc) is 3.12. The molecule has 2 aromatic carbocycles. The second kappa shape index (κ2) is 20.0. The fourth-order valence-electron chi connectivity index (χ4n) is 4.85. The molecular weight excluding hydrogens is 668 g/mol. The summed E-state index contributed by atoms with van der Waals surface area (Å²) in [5.74, 6) is -2.94. The number of hydrogen-bond donors (Lipinski definition) is 6. The highest BCUT2D eigenvalue weighted by molar-refractivity contribution is 5.98. The van der Waals surface area contributed by atoms with E-state index in [1.54, 1.807) is 24.3 Å². The third-order valence-corrected chi connectivity index (χ3v) is 8.05. The van der Waals surface area contributed by atoms with Crippen molar-refractivity contribution < 1.29 is 29.1 Å². The minimum atomic E-state index is -1.18. The number of amides is 2. The molecule has 0 saturated carbocycles. The molecule has 0 aliphatic heterocycles. The molecule has 2 heterocycles. The molecule has 0 radical (unpaired) electrons. The molecule has 0 unspecified atom stereocenters. The van der Waals surface area contributed by atoms with E-state index in [0.717, 1.165) is 12.8 Å². The minimum absolute atomic E-state index is 0.0436. The summed E-state index contributed by atoms with van der Waals surface area (Å²) in [5, 5.41) is 17.3. The Morgan fingerprint density at radius 2 is 1.63 bits per heavy atom. The van der Waals surface area contributed by atoms with Gasteiger partial charge in [0.25, 0.3) is 5.56 Å². The van der Waals surface area contributed by atoms with E-state index in [1.165, 1.54) is 24.4 Å². The first-order valence-electron chi connectivity index (χ1n) is 16.9. The number of aliphatic carboxylic acids is 1. The number of benzene rings is 2. The molecule has 2 amide bonds. The predicted octanol–water partition coefficient (Wildman–Crippen LogP) is 3.37. The van der Waals surface area contributed by atoms with Crippen molar-refractivity contribution in [1.29, 1.82) is 0 Å². The van der Waals surface area contributed by atoms with Crippen molar-refractivity contribution in [2.75, 3.05) is 24.6 Å². The van der Waals surface area contributed by atoms with Gasteiger partial charge in [-0.2, -0.15) is 4.98 Å². The van der Waals surface area contributed by atoms with Crippen molar-refractivity contribution in [3.63, 3.8) is 0 Å². The smallest absolute Gasteiger partial charge is 0.306 e. The number of ketones is 2. The molecule has 0 aliphatic carbocycles. The third-order valence-electron chi connectivity index (χ3n) is 8.05. The van der Waals surface area contributed by atoms with Gasteiger partial charge in [-0.1, -0.05) is 43.7 Å². The Hall–Kier alpha value is -5.99. The van der Waals surface area contributed by atoms with Crippen LogP contribution in [-0.2, 0) is 32.1 Å². The lowest BCUT2D eigenvalue weighted by Gasteiger charge is -2.12. The summed E-state index contributed by atoms with van der Waals surface area (Å²) < 4.78 is 0. The standard InChI is InChI=1S/C23H26N8O6.C14H20O/c1-25-18(34)11-27-17(33)7-4-13(22(36)37)8-16(32)12-2-5-14(6-3-12)26-9-15-10-28-20-19(29-15)21(35)31-23(24)30-20;1-11(2)14(15)6-4-5-13-9-7-12(3)8-10-13/h2-3,5-6,10,13,26H,4,7-9,11H2,1H3,(H,25,34)(H,27,33)(H,36,37)(H3,24,28,30,31,35);7-11H,4-6H2,1-3H3/t13-;/m1./s1. The van der Waals surface area contributed by atoms with E-state index in [0.29, 0.717) is 29.1 Å². The van der Waals surface area contributed by atoms with Crippen LogP contribution < -0.4 is 27.2 Å². The summed E-state index contributed by atoms with van der Waals surface area (Å²) in [7, 11) is 1.43. The van der Waals surface area contributed by atoms with E-state index in [1.807, 2.05) is 13.8 Å². The molecule has 0 fully saturated rings. The number of carbonyl (C=O) groups is 5. The van der Waals surface area contributed by atoms with Crippen LogP contribution in [0.25, 0.3) is 11.2 Å². The maximum Gasteiger partial charge on any atom is 0.306 e. The number of aromatic amines is 1. The Labute approximate surface area is 301 Å². The Morgan fingerprint density at radius 1 is 0.942 bits per heavy atom. The second-order valence-corrected chi connectivity index (χ2v) is 12.5. The monoisotopic (exact) mass is 714 g/mol. The average molecular weight is 715 g/mol. The van der Waals surface area contributed by atoms with Gasteiger partial charge in [0.2, 0.25) is 17.8 Å². The van der Waals surface area contributed by atoms with Gasteiger partial charge in [-0.15, -0.1) is 0 Å². The van der Waals surface area contributed by atoms with Gasteiger partial charge in [0, 0.05) is 43.5 Å². The lowest BCUT2D eigenvalue weighted by molar-refractivity contribution is -0.142. The molecule has 15 nitrogen and oxygen atoms in total. The Bertz CT molecular complexity index is 1910. The number of aromatic nitrogens is 4. The topological polar surface area (TPSA) is 239 Å². The van der Waals surface area contributed by atoms with Crippen LogP contribution >= 0.6 is 0 Å². The van der Waals surface area contributed by atoms with Crippen molar-refractivity contribution in [3.8, 4) is 0 Å². The number of rotatable bonds is 17. The summed E-state index contributed by atoms with van der Waals surface area (Å²) in [6.45, 7) is 6.06. The first-order chi connectivity index (χ1) is 24.7. The van der Waals surface area contributed by atoms with Crippen LogP contribution in [-0.4, -0.2) is 68.0 Å². The van der Waals surface area contributed by atoms with E-state index in [4.69, 9.17) is 5.73 Å². The molecule has 7 N–H and O–H groups in total. The number of nitrogen functional groups attached to an aromatic ring is 1. The summed E-state index contributed by atoms with van der Waals surface area (Å²) in [4.78, 5) is 85.2. The van der Waals surface area contributed by atoms with Gasteiger partial charge in [0.05, 0.1) is 30.9 Å². The van der Waals surface area contributed by atoms with Crippen molar-refractivity contribution in [3.05, 3.63) is 87.5 Å².